The monoisotopic (exact) mass is 304 g/mol. The summed E-state index contributed by atoms with van der Waals surface area (Å²) in [6, 6.07) is 7.95. The topological polar surface area (TPSA) is 53.0 Å². The molecule has 2 saturated heterocycles. The lowest BCUT2D eigenvalue weighted by Crippen LogP contribution is -2.58. The van der Waals surface area contributed by atoms with Gasteiger partial charge in [-0.2, -0.15) is 0 Å². The average molecular weight is 304 g/mol. The maximum atomic E-state index is 12.2. The van der Waals surface area contributed by atoms with Crippen molar-refractivity contribution in [2.45, 2.75) is 32.0 Å². The normalized spacial score (nSPS) is 23.2. The Balaban J connectivity index is 1.43. The third kappa shape index (κ3) is 3.59. The van der Waals surface area contributed by atoms with Gasteiger partial charge in [-0.25, -0.2) is 0 Å². The number of aliphatic hydroxyl groups excluding tert-OH is 1. The third-order valence-electron chi connectivity index (χ3n) is 4.43. The first kappa shape index (κ1) is 15.3. The molecule has 0 saturated carbocycles. The second-order valence-electron chi connectivity index (χ2n) is 6.34. The molecule has 120 valence electrons. The van der Waals surface area contributed by atoms with Gasteiger partial charge in [0.25, 0.3) is 0 Å². The molecule has 1 atom stereocenters. The zero-order valence-corrected chi connectivity index (χ0v) is 13.1. The summed E-state index contributed by atoms with van der Waals surface area (Å²) in [4.78, 5) is 16.1. The fraction of sp³-hybridized carbons (Fsp3) is 0.588. The van der Waals surface area contributed by atoms with Crippen molar-refractivity contribution in [1.82, 2.24) is 9.80 Å². The van der Waals surface area contributed by atoms with Crippen molar-refractivity contribution < 1.29 is 14.6 Å². The molecule has 5 heteroatoms. The predicted molar refractivity (Wildman–Crippen MR) is 83.9 cm³/mol. The minimum atomic E-state index is -0.282. The molecule has 2 aliphatic heterocycles. The van der Waals surface area contributed by atoms with Crippen LogP contribution in [0.25, 0.3) is 0 Å². The Morgan fingerprint density at radius 1 is 1.32 bits per heavy atom. The van der Waals surface area contributed by atoms with Crippen LogP contribution in [0, 0.1) is 6.92 Å². The van der Waals surface area contributed by atoms with Crippen molar-refractivity contribution in [3.63, 3.8) is 0 Å². The van der Waals surface area contributed by atoms with Gasteiger partial charge in [-0.1, -0.05) is 18.2 Å². The van der Waals surface area contributed by atoms with Crippen LogP contribution in [0.1, 0.15) is 18.4 Å². The van der Waals surface area contributed by atoms with Crippen LogP contribution >= 0.6 is 0 Å². The highest BCUT2D eigenvalue weighted by Gasteiger charge is 2.33. The molecule has 2 fully saturated rings. The summed E-state index contributed by atoms with van der Waals surface area (Å²) >= 11 is 0. The zero-order valence-electron chi connectivity index (χ0n) is 13.1. The molecule has 5 nitrogen and oxygen atoms in total. The number of nitrogens with zero attached hydrogens (tertiary/aromatic N) is 2. The van der Waals surface area contributed by atoms with E-state index in [2.05, 4.69) is 0 Å². The summed E-state index contributed by atoms with van der Waals surface area (Å²) in [7, 11) is 0. The molecular formula is C17H24N2O3. The van der Waals surface area contributed by atoms with Crippen LogP contribution in [0.15, 0.2) is 24.3 Å². The van der Waals surface area contributed by atoms with Gasteiger partial charge in [-0.3, -0.25) is 9.69 Å². The lowest BCUT2D eigenvalue weighted by Gasteiger charge is -2.40. The summed E-state index contributed by atoms with van der Waals surface area (Å²) < 4.78 is 5.92. The van der Waals surface area contributed by atoms with Gasteiger partial charge in [0.05, 0.1) is 25.7 Å². The number of β-amino-alcohol motifs (C(OH)–C–C–N with tert-alkyl or cyclic N) is 1. The number of hydrogen-bond donors (Lipinski definition) is 1. The Bertz CT molecular complexity index is 528. The van der Waals surface area contributed by atoms with Crippen LogP contribution in [-0.4, -0.2) is 65.7 Å². The van der Waals surface area contributed by atoms with Gasteiger partial charge < -0.3 is 14.7 Å². The van der Waals surface area contributed by atoms with Crippen molar-refractivity contribution in [1.29, 1.82) is 0 Å². The van der Waals surface area contributed by atoms with Gasteiger partial charge in [0.1, 0.15) is 11.9 Å². The Kier molecular flexibility index (Phi) is 4.64. The molecular weight excluding hydrogens is 280 g/mol. The van der Waals surface area contributed by atoms with E-state index in [0.717, 1.165) is 30.7 Å². The van der Waals surface area contributed by atoms with E-state index in [-0.39, 0.29) is 18.1 Å². The molecule has 22 heavy (non-hydrogen) atoms. The van der Waals surface area contributed by atoms with E-state index >= 15 is 0 Å². The van der Waals surface area contributed by atoms with E-state index in [1.54, 1.807) is 0 Å². The maximum Gasteiger partial charge on any atom is 0.237 e. The highest BCUT2D eigenvalue weighted by Crippen LogP contribution is 2.22. The number of piperidine rings is 1. The summed E-state index contributed by atoms with van der Waals surface area (Å²) in [5, 5.41) is 9.65. The lowest BCUT2D eigenvalue weighted by atomic mass is 10.1. The highest BCUT2D eigenvalue weighted by molar-refractivity contribution is 5.79. The Labute approximate surface area is 131 Å². The van der Waals surface area contributed by atoms with Crippen LogP contribution in [0.4, 0.5) is 0 Å². The lowest BCUT2D eigenvalue weighted by molar-refractivity contribution is -0.141. The van der Waals surface area contributed by atoms with Gasteiger partial charge in [-0.05, 0) is 37.9 Å². The number of carbonyl (C=O) groups excluding carboxylic acids is 1. The van der Waals surface area contributed by atoms with Crippen molar-refractivity contribution in [3.8, 4) is 5.75 Å². The number of aliphatic hydroxyl groups is 1. The second-order valence-corrected chi connectivity index (χ2v) is 6.34. The molecule has 3 rings (SSSR count). The molecule has 1 N–H and O–H groups in total. The molecule has 1 amide bonds. The molecule has 1 aromatic rings. The second kappa shape index (κ2) is 6.67. The molecule has 0 aliphatic carbocycles. The molecule has 1 aromatic carbocycles. The minimum absolute atomic E-state index is 0.0944. The van der Waals surface area contributed by atoms with Crippen LogP contribution in [-0.2, 0) is 4.79 Å². The van der Waals surface area contributed by atoms with Crippen molar-refractivity contribution in [2.75, 3.05) is 32.7 Å². The summed E-state index contributed by atoms with van der Waals surface area (Å²) in [5.74, 6) is 1.04. The fourth-order valence-electron chi connectivity index (χ4n) is 3.05. The van der Waals surface area contributed by atoms with Gasteiger partial charge in [0, 0.05) is 6.54 Å². The molecule has 1 unspecified atom stereocenters. The van der Waals surface area contributed by atoms with E-state index in [0.29, 0.717) is 26.2 Å². The first-order chi connectivity index (χ1) is 10.6. The number of para-hydroxylation sites is 1. The van der Waals surface area contributed by atoms with Crippen LogP contribution in [0.2, 0.25) is 0 Å². The van der Waals surface area contributed by atoms with Crippen LogP contribution in [0.5, 0.6) is 5.75 Å². The van der Waals surface area contributed by atoms with Gasteiger partial charge in [0.2, 0.25) is 5.91 Å². The number of amides is 1. The fourth-order valence-corrected chi connectivity index (χ4v) is 3.05. The van der Waals surface area contributed by atoms with E-state index in [4.69, 9.17) is 4.74 Å². The zero-order chi connectivity index (χ0) is 15.5. The molecule has 0 spiro atoms. The Morgan fingerprint density at radius 2 is 2.09 bits per heavy atom. The van der Waals surface area contributed by atoms with Gasteiger partial charge >= 0.3 is 0 Å². The molecule has 0 radical (unpaired) electrons. The summed E-state index contributed by atoms with van der Waals surface area (Å²) in [6.07, 6.45) is 1.63. The first-order valence-electron chi connectivity index (χ1n) is 8.02. The number of ether oxygens (including phenoxy) is 1. The van der Waals surface area contributed by atoms with Crippen LogP contribution in [0.3, 0.4) is 0 Å². The summed E-state index contributed by atoms with van der Waals surface area (Å²) in [6.45, 7) is 5.27. The number of likely N-dealkylation sites (tertiary alicyclic amines) is 2. The maximum absolute atomic E-state index is 12.2. The van der Waals surface area contributed by atoms with E-state index in [9.17, 15) is 9.90 Å². The SMILES string of the molecule is Cc1ccccc1OC1CN(C(=O)CN2CCCC(O)C2)C1. The molecule has 2 heterocycles. The van der Waals surface area contributed by atoms with Crippen molar-refractivity contribution in [3.05, 3.63) is 29.8 Å². The average Bonchev–Trinajstić information content (AvgIpc) is 2.44. The van der Waals surface area contributed by atoms with E-state index in [1.807, 2.05) is 41.0 Å². The van der Waals surface area contributed by atoms with Crippen molar-refractivity contribution >= 4 is 5.91 Å². The highest BCUT2D eigenvalue weighted by atomic mass is 16.5. The number of benzene rings is 1. The number of aryl methyl sites for hydroxylation is 1. The standard InChI is InChI=1S/C17H24N2O3/c1-13-5-2-3-7-16(13)22-15-10-19(11-15)17(21)12-18-8-4-6-14(20)9-18/h2-3,5,7,14-15,20H,4,6,8-12H2,1H3. The smallest absolute Gasteiger partial charge is 0.237 e. The van der Waals surface area contributed by atoms with E-state index < -0.39 is 0 Å². The minimum Gasteiger partial charge on any atom is -0.486 e. The quantitative estimate of drug-likeness (QED) is 0.903. The molecule has 0 bridgehead atoms. The number of carbonyl (C=O) groups is 1. The number of rotatable bonds is 4. The first-order valence-corrected chi connectivity index (χ1v) is 8.02. The van der Waals surface area contributed by atoms with Crippen LogP contribution < -0.4 is 4.74 Å². The summed E-state index contributed by atoms with van der Waals surface area (Å²) in [5.41, 5.74) is 1.12. The van der Waals surface area contributed by atoms with Gasteiger partial charge in [0.15, 0.2) is 0 Å². The molecule has 2 aliphatic rings. The van der Waals surface area contributed by atoms with Gasteiger partial charge in [-0.15, -0.1) is 0 Å². The van der Waals surface area contributed by atoms with E-state index in [1.165, 1.54) is 0 Å². The third-order valence-corrected chi connectivity index (χ3v) is 4.43. The number of hydrogen-bond acceptors (Lipinski definition) is 4. The van der Waals surface area contributed by atoms with Crippen molar-refractivity contribution in [2.24, 2.45) is 0 Å². The Hall–Kier alpha value is -1.59. The predicted octanol–water partition coefficient (Wildman–Crippen LogP) is 1.04. The molecule has 0 aromatic heterocycles. The largest absolute Gasteiger partial charge is 0.486 e. The Morgan fingerprint density at radius 3 is 2.82 bits per heavy atom.